The second-order valence-corrected chi connectivity index (χ2v) is 6.36. The molecular weight excluding hydrogens is 331 g/mol. The summed E-state index contributed by atoms with van der Waals surface area (Å²) < 4.78 is 41.6. The molecule has 2 heterocycles. The van der Waals surface area contributed by atoms with Crippen molar-refractivity contribution in [3.8, 4) is 11.3 Å². The Morgan fingerprint density at radius 2 is 2.04 bits per heavy atom. The molecule has 7 heteroatoms. The van der Waals surface area contributed by atoms with Crippen LogP contribution in [0.1, 0.15) is 31.4 Å². The summed E-state index contributed by atoms with van der Waals surface area (Å²) in [7, 11) is 1.81. The van der Waals surface area contributed by atoms with Gasteiger partial charge in [-0.2, -0.15) is 4.39 Å². The van der Waals surface area contributed by atoms with E-state index in [1.54, 1.807) is 23.2 Å². The summed E-state index contributed by atoms with van der Waals surface area (Å²) in [6.45, 7) is 0. The van der Waals surface area contributed by atoms with Crippen LogP contribution in [0.2, 0.25) is 0 Å². The average Bonchev–Trinajstić information content (AvgIpc) is 2.99. The van der Waals surface area contributed by atoms with Gasteiger partial charge in [0.1, 0.15) is 0 Å². The fourth-order valence-electron chi connectivity index (χ4n) is 2.97. The fraction of sp³-hybridized carbons (Fsp3) is 0.389. The van der Waals surface area contributed by atoms with Gasteiger partial charge in [-0.15, -0.1) is 0 Å². The summed E-state index contributed by atoms with van der Waals surface area (Å²) in [6, 6.07) is 2.78. The molecule has 0 spiro atoms. The smallest absolute Gasteiger partial charge is 0.248 e. The van der Waals surface area contributed by atoms with E-state index in [4.69, 9.17) is 0 Å². The van der Waals surface area contributed by atoms with Crippen LogP contribution < -0.4 is 0 Å². The van der Waals surface area contributed by atoms with Gasteiger partial charge in [0.25, 0.3) is 0 Å². The number of hydrogen-bond donors (Lipinski definition) is 0. The summed E-state index contributed by atoms with van der Waals surface area (Å²) >= 11 is 0. The van der Waals surface area contributed by atoms with Crippen LogP contribution in [0.5, 0.6) is 0 Å². The molecule has 1 aliphatic carbocycles. The molecule has 0 amide bonds. The molecule has 0 saturated heterocycles. The first-order valence-corrected chi connectivity index (χ1v) is 8.09. The monoisotopic (exact) mass is 349 g/mol. The molecule has 2 aromatic rings. The third kappa shape index (κ3) is 4.15. The van der Waals surface area contributed by atoms with Crippen molar-refractivity contribution < 1.29 is 18.0 Å². The molecule has 132 valence electrons. The summed E-state index contributed by atoms with van der Waals surface area (Å²) in [5.74, 6) is -3.98. The van der Waals surface area contributed by atoms with Crippen LogP contribution in [0.3, 0.4) is 0 Å². The molecule has 2 aromatic heterocycles. The largest absolute Gasteiger partial charge is 0.340 e. The Hall–Kier alpha value is -2.44. The first kappa shape index (κ1) is 17.4. The maximum absolute atomic E-state index is 13.5. The van der Waals surface area contributed by atoms with Crippen LogP contribution >= 0.6 is 0 Å². The third-order valence-corrected chi connectivity index (χ3v) is 4.40. The number of carbonyl (C=O) groups is 1. The number of aromatic nitrogens is 3. The molecular formula is C18H18F3N3O. The van der Waals surface area contributed by atoms with E-state index < -0.39 is 17.8 Å². The van der Waals surface area contributed by atoms with Crippen molar-refractivity contribution in [3.05, 3.63) is 42.4 Å². The van der Waals surface area contributed by atoms with Gasteiger partial charge >= 0.3 is 0 Å². The van der Waals surface area contributed by atoms with Crippen molar-refractivity contribution in [1.29, 1.82) is 0 Å². The second kappa shape index (κ2) is 6.82. The van der Waals surface area contributed by atoms with E-state index in [0.29, 0.717) is 11.3 Å². The molecule has 4 nitrogen and oxygen atoms in total. The van der Waals surface area contributed by atoms with Gasteiger partial charge in [-0.3, -0.25) is 4.79 Å². The maximum atomic E-state index is 13.5. The normalized spacial score (nSPS) is 17.9. The molecule has 1 saturated carbocycles. The lowest BCUT2D eigenvalue weighted by molar-refractivity contribution is -0.122. The zero-order valence-corrected chi connectivity index (χ0v) is 13.8. The van der Waals surface area contributed by atoms with Crippen LogP contribution in [0.4, 0.5) is 13.2 Å². The van der Waals surface area contributed by atoms with Crippen LogP contribution in [0.15, 0.2) is 30.7 Å². The van der Waals surface area contributed by atoms with Gasteiger partial charge in [-0.1, -0.05) is 0 Å². The number of pyridine rings is 1. The maximum Gasteiger partial charge on any atom is 0.248 e. The molecule has 25 heavy (non-hydrogen) atoms. The highest BCUT2D eigenvalue weighted by molar-refractivity contribution is 5.96. The van der Waals surface area contributed by atoms with Crippen LogP contribution in [-0.4, -0.2) is 26.2 Å². The van der Waals surface area contributed by atoms with Crippen LogP contribution in [0, 0.1) is 11.9 Å². The van der Waals surface area contributed by atoms with E-state index in [0.717, 1.165) is 0 Å². The van der Waals surface area contributed by atoms with Gasteiger partial charge in [-0.25, -0.2) is 18.7 Å². The summed E-state index contributed by atoms with van der Waals surface area (Å²) in [5, 5.41) is 0. The highest BCUT2D eigenvalue weighted by Gasteiger charge is 2.36. The average molecular weight is 349 g/mol. The first-order chi connectivity index (χ1) is 11.8. The molecule has 0 N–H and O–H groups in total. The highest BCUT2D eigenvalue weighted by atomic mass is 19.3. The Kier molecular flexibility index (Phi) is 4.74. The van der Waals surface area contributed by atoms with Crippen molar-refractivity contribution in [1.82, 2.24) is 14.5 Å². The number of carbonyl (C=O) groups excluding carboxylic acids is 1. The number of alkyl halides is 2. The van der Waals surface area contributed by atoms with Crippen LogP contribution in [0.25, 0.3) is 17.3 Å². The van der Waals surface area contributed by atoms with Gasteiger partial charge in [0, 0.05) is 37.6 Å². The first-order valence-electron chi connectivity index (χ1n) is 8.09. The van der Waals surface area contributed by atoms with Crippen molar-refractivity contribution in [2.75, 3.05) is 0 Å². The molecule has 0 atom stereocenters. The lowest BCUT2D eigenvalue weighted by Gasteiger charge is -2.26. The third-order valence-electron chi connectivity index (χ3n) is 4.40. The summed E-state index contributed by atoms with van der Waals surface area (Å²) in [6.07, 6.45) is 5.91. The zero-order valence-electron chi connectivity index (χ0n) is 13.8. The predicted molar refractivity (Wildman–Crippen MR) is 87.3 cm³/mol. The van der Waals surface area contributed by atoms with Gasteiger partial charge in [0.05, 0.1) is 17.7 Å². The molecule has 0 bridgehead atoms. The van der Waals surface area contributed by atoms with Crippen LogP contribution in [-0.2, 0) is 11.8 Å². The number of nitrogens with zero attached hydrogens (tertiary/aromatic N) is 3. The number of imidazole rings is 1. The Morgan fingerprint density at radius 3 is 2.68 bits per heavy atom. The summed E-state index contributed by atoms with van der Waals surface area (Å²) in [5.41, 5.74) is 1.49. The Bertz CT molecular complexity index is 804. The van der Waals surface area contributed by atoms with E-state index in [2.05, 4.69) is 9.97 Å². The Balaban J connectivity index is 1.79. The van der Waals surface area contributed by atoms with Crippen molar-refractivity contribution in [3.63, 3.8) is 0 Å². The number of allylic oxidation sites excluding steroid dienone is 1. The molecule has 1 aliphatic rings. The van der Waals surface area contributed by atoms with Gasteiger partial charge in [0.2, 0.25) is 11.9 Å². The Labute approximate surface area is 143 Å². The molecule has 3 rings (SSSR count). The SMILES string of the molecule is Cn1cnc(-c2ccc(F)nc2/C=C/C(=O)C2CCC(F)(F)CC2)c1. The quantitative estimate of drug-likeness (QED) is 0.618. The lowest BCUT2D eigenvalue weighted by Crippen LogP contribution is -2.27. The molecule has 0 unspecified atom stereocenters. The fourth-order valence-corrected chi connectivity index (χ4v) is 2.97. The molecule has 0 radical (unpaired) electrons. The lowest BCUT2D eigenvalue weighted by atomic mass is 9.84. The highest BCUT2D eigenvalue weighted by Crippen LogP contribution is 2.36. The topological polar surface area (TPSA) is 47.8 Å². The van der Waals surface area contributed by atoms with E-state index >= 15 is 0 Å². The van der Waals surface area contributed by atoms with E-state index in [9.17, 15) is 18.0 Å². The number of ketones is 1. The minimum absolute atomic E-state index is 0.167. The van der Waals surface area contributed by atoms with E-state index in [1.165, 1.54) is 18.2 Å². The zero-order chi connectivity index (χ0) is 18.0. The number of hydrogen-bond acceptors (Lipinski definition) is 3. The second-order valence-electron chi connectivity index (χ2n) is 6.36. The minimum Gasteiger partial charge on any atom is -0.340 e. The molecule has 1 fully saturated rings. The van der Waals surface area contributed by atoms with Gasteiger partial charge in [0.15, 0.2) is 5.78 Å². The number of halogens is 3. The van der Waals surface area contributed by atoms with Crippen molar-refractivity contribution >= 4 is 11.9 Å². The van der Waals surface area contributed by atoms with Gasteiger partial charge in [-0.05, 0) is 37.1 Å². The Morgan fingerprint density at radius 1 is 1.32 bits per heavy atom. The van der Waals surface area contributed by atoms with E-state index in [-0.39, 0.29) is 37.2 Å². The van der Waals surface area contributed by atoms with E-state index in [1.807, 2.05) is 7.05 Å². The summed E-state index contributed by atoms with van der Waals surface area (Å²) in [4.78, 5) is 20.3. The predicted octanol–water partition coefficient (Wildman–Crippen LogP) is 4.03. The van der Waals surface area contributed by atoms with Crippen molar-refractivity contribution in [2.24, 2.45) is 13.0 Å². The molecule has 0 aliphatic heterocycles. The van der Waals surface area contributed by atoms with Gasteiger partial charge < -0.3 is 4.57 Å². The number of aryl methyl sites for hydroxylation is 1. The minimum atomic E-state index is -2.67. The standard InChI is InChI=1S/C18H18F3N3O/c1-24-10-15(22-11-24)13-2-5-17(19)23-14(13)3-4-16(25)12-6-8-18(20,21)9-7-12/h2-5,10-12H,6-9H2,1H3/b4-3+. The van der Waals surface area contributed by atoms with Crippen molar-refractivity contribution in [2.45, 2.75) is 31.6 Å². The number of rotatable bonds is 4. The molecule has 0 aromatic carbocycles.